The zero-order valence-electron chi connectivity index (χ0n) is 8.41. The fourth-order valence-corrected chi connectivity index (χ4v) is 2.50. The molecule has 1 aliphatic rings. The van der Waals surface area contributed by atoms with Gasteiger partial charge in [-0.05, 0) is 12.1 Å². The van der Waals surface area contributed by atoms with Crippen LogP contribution in [0.15, 0.2) is 12.1 Å². The molecular formula is C10H11Cl2N3O. The fourth-order valence-electron chi connectivity index (χ4n) is 1.79. The number of carbonyl (C=O) groups is 1. The number of nitrogen functional groups attached to an aromatic ring is 1. The number of benzene rings is 1. The van der Waals surface area contributed by atoms with Crippen molar-refractivity contribution in [3.63, 3.8) is 0 Å². The number of nitrogens with two attached hydrogens (primary N) is 2. The average Bonchev–Trinajstić information content (AvgIpc) is 2.43. The van der Waals surface area contributed by atoms with Crippen LogP contribution in [0, 0.1) is 0 Å². The van der Waals surface area contributed by atoms with Gasteiger partial charge in [-0.3, -0.25) is 4.79 Å². The second-order valence-electron chi connectivity index (χ2n) is 3.80. The Morgan fingerprint density at radius 3 is 2.31 bits per heavy atom. The van der Waals surface area contributed by atoms with Gasteiger partial charge in [0, 0.05) is 24.7 Å². The van der Waals surface area contributed by atoms with Crippen LogP contribution in [0.5, 0.6) is 0 Å². The first-order chi connectivity index (χ1) is 7.49. The molecule has 1 aliphatic heterocycles. The van der Waals surface area contributed by atoms with Crippen LogP contribution in [0.4, 0.5) is 11.4 Å². The normalized spacial score (nSPS) is 20.6. The second kappa shape index (κ2) is 4.13. The molecule has 1 heterocycles. The monoisotopic (exact) mass is 259 g/mol. The Hall–Kier alpha value is -0.970. The van der Waals surface area contributed by atoms with Gasteiger partial charge in [0.1, 0.15) is 0 Å². The SMILES string of the molecule is Nc1cc(Cl)c(N2CC(N)CC2=O)c(Cl)c1. The van der Waals surface area contributed by atoms with Gasteiger partial charge in [0.05, 0.1) is 15.7 Å². The predicted octanol–water partition coefficient (Wildman–Crippen LogP) is 1.64. The van der Waals surface area contributed by atoms with Gasteiger partial charge in [0.25, 0.3) is 0 Å². The number of hydrogen-bond donors (Lipinski definition) is 2. The van der Waals surface area contributed by atoms with E-state index in [1.807, 2.05) is 0 Å². The zero-order chi connectivity index (χ0) is 11.9. The molecule has 16 heavy (non-hydrogen) atoms. The summed E-state index contributed by atoms with van der Waals surface area (Å²) in [6.07, 6.45) is 0.317. The van der Waals surface area contributed by atoms with E-state index in [0.717, 1.165) is 0 Å². The number of anilines is 2. The summed E-state index contributed by atoms with van der Waals surface area (Å²) in [6.45, 7) is 0.433. The van der Waals surface area contributed by atoms with Crippen molar-refractivity contribution in [1.29, 1.82) is 0 Å². The minimum absolute atomic E-state index is 0.0685. The van der Waals surface area contributed by atoms with Gasteiger partial charge in [-0.1, -0.05) is 23.2 Å². The van der Waals surface area contributed by atoms with E-state index in [4.69, 9.17) is 34.7 Å². The van der Waals surface area contributed by atoms with E-state index in [1.54, 1.807) is 12.1 Å². The minimum atomic E-state index is -0.169. The van der Waals surface area contributed by atoms with Crippen molar-refractivity contribution in [2.24, 2.45) is 5.73 Å². The number of nitrogens with zero attached hydrogens (tertiary/aromatic N) is 1. The molecule has 1 atom stereocenters. The van der Waals surface area contributed by atoms with Crippen LogP contribution in [-0.4, -0.2) is 18.5 Å². The summed E-state index contributed by atoms with van der Waals surface area (Å²) in [5.41, 5.74) is 12.3. The lowest BCUT2D eigenvalue weighted by Gasteiger charge is -2.19. The number of rotatable bonds is 1. The van der Waals surface area contributed by atoms with Gasteiger partial charge in [-0.25, -0.2) is 0 Å². The molecule has 6 heteroatoms. The second-order valence-corrected chi connectivity index (χ2v) is 4.62. The van der Waals surface area contributed by atoms with E-state index in [1.165, 1.54) is 4.90 Å². The molecule has 1 aromatic rings. The number of halogens is 2. The summed E-state index contributed by atoms with van der Waals surface area (Å²) >= 11 is 12.1. The molecule has 0 spiro atoms. The van der Waals surface area contributed by atoms with Crippen molar-refractivity contribution in [2.45, 2.75) is 12.5 Å². The topological polar surface area (TPSA) is 72.3 Å². The van der Waals surface area contributed by atoms with E-state index in [9.17, 15) is 4.79 Å². The van der Waals surface area contributed by atoms with E-state index in [0.29, 0.717) is 34.4 Å². The van der Waals surface area contributed by atoms with E-state index in [2.05, 4.69) is 0 Å². The third-order valence-corrected chi connectivity index (χ3v) is 3.04. The van der Waals surface area contributed by atoms with Gasteiger partial charge in [0.15, 0.2) is 0 Å². The maximum Gasteiger partial charge on any atom is 0.228 e. The Morgan fingerprint density at radius 1 is 1.31 bits per heavy atom. The van der Waals surface area contributed by atoms with Crippen molar-refractivity contribution in [1.82, 2.24) is 0 Å². The van der Waals surface area contributed by atoms with Gasteiger partial charge < -0.3 is 16.4 Å². The van der Waals surface area contributed by atoms with Crippen molar-refractivity contribution >= 4 is 40.5 Å². The average molecular weight is 260 g/mol. The van der Waals surface area contributed by atoms with Crippen LogP contribution >= 0.6 is 23.2 Å². The minimum Gasteiger partial charge on any atom is -0.399 e. The van der Waals surface area contributed by atoms with Gasteiger partial charge in [0.2, 0.25) is 5.91 Å². The first-order valence-electron chi connectivity index (χ1n) is 4.79. The predicted molar refractivity (Wildman–Crippen MR) is 65.8 cm³/mol. The standard InChI is InChI=1S/C10H11Cl2N3O/c11-7-1-5(13)2-8(12)10(7)15-4-6(14)3-9(15)16/h1-2,6H,3-4,13-14H2. The maximum atomic E-state index is 11.7. The molecular weight excluding hydrogens is 249 g/mol. The number of hydrogen-bond acceptors (Lipinski definition) is 3. The first-order valence-corrected chi connectivity index (χ1v) is 5.55. The Kier molecular flexibility index (Phi) is 2.97. The summed E-state index contributed by atoms with van der Waals surface area (Å²) in [5, 5.41) is 0.736. The highest BCUT2D eigenvalue weighted by Crippen LogP contribution is 2.37. The van der Waals surface area contributed by atoms with Crippen LogP contribution in [0.3, 0.4) is 0 Å². The van der Waals surface area contributed by atoms with Crippen molar-refractivity contribution in [3.05, 3.63) is 22.2 Å². The smallest absolute Gasteiger partial charge is 0.228 e. The van der Waals surface area contributed by atoms with Crippen LogP contribution in [0.2, 0.25) is 10.0 Å². The highest BCUT2D eigenvalue weighted by Gasteiger charge is 2.30. The Labute approximate surface area is 103 Å². The molecule has 0 aliphatic carbocycles. The molecule has 0 saturated carbocycles. The Bertz CT molecular complexity index is 427. The molecule has 1 aromatic carbocycles. The largest absolute Gasteiger partial charge is 0.399 e. The lowest BCUT2D eigenvalue weighted by molar-refractivity contribution is -0.117. The van der Waals surface area contributed by atoms with Gasteiger partial charge in [-0.2, -0.15) is 0 Å². The third-order valence-electron chi connectivity index (χ3n) is 2.46. The highest BCUT2D eigenvalue weighted by molar-refractivity contribution is 6.40. The van der Waals surface area contributed by atoms with Crippen molar-refractivity contribution in [3.8, 4) is 0 Å². The van der Waals surface area contributed by atoms with E-state index in [-0.39, 0.29) is 11.9 Å². The van der Waals surface area contributed by atoms with Gasteiger partial charge >= 0.3 is 0 Å². The van der Waals surface area contributed by atoms with Crippen molar-refractivity contribution in [2.75, 3.05) is 17.2 Å². The summed E-state index contributed by atoms with van der Waals surface area (Å²) < 4.78 is 0. The van der Waals surface area contributed by atoms with Crippen LogP contribution in [-0.2, 0) is 4.79 Å². The molecule has 1 saturated heterocycles. The van der Waals surface area contributed by atoms with Crippen LogP contribution in [0.1, 0.15) is 6.42 Å². The highest BCUT2D eigenvalue weighted by atomic mass is 35.5. The molecule has 4 nitrogen and oxygen atoms in total. The molecule has 0 aromatic heterocycles. The summed E-state index contributed by atoms with van der Waals surface area (Å²) in [5.74, 6) is -0.0685. The molecule has 2 rings (SSSR count). The molecule has 1 unspecified atom stereocenters. The molecule has 1 amide bonds. The van der Waals surface area contributed by atoms with Crippen molar-refractivity contribution < 1.29 is 4.79 Å². The van der Waals surface area contributed by atoms with E-state index < -0.39 is 0 Å². The molecule has 4 N–H and O–H groups in total. The van der Waals surface area contributed by atoms with E-state index >= 15 is 0 Å². The molecule has 86 valence electrons. The van der Waals surface area contributed by atoms with Crippen LogP contribution < -0.4 is 16.4 Å². The lowest BCUT2D eigenvalue weighted by Crippen LogP contribution is -2.28. The molecule has 0 radical (unpaired) electrons. The summed E-state index contributed by atoms with van der Waals surface area (Å²) in [6, 6.07) is 2.97. The Morgan fingerprint density at radius 2 is 1.88 bits per heavy atom. The molecule has 1 fully saturated rings. The first kappa shape index (κ1) is 11.5. The fraction of sp³-hybridized carbons (Fsp3) is 0.300. The van der Waals surface area contributed by atoms with Gasteiger partial charge in [-0.15, -0.1) is 0 Å². The quantitative estimate of drug-likeness (QED) is 0.754. The molecule has 0 bridgehead atoms. The number of amides is 1. The summed E-state index contributed by atoms with van der Waals surface area (Å²) in [4.78, 5) is 13.2. The maximum absolute atomic E-state index is 11.7. The zero-order valence-corrected chi connectivity index (χ0v) is 9.92. The number of carbonyl (C=O) groups excluding carboxylic acids is 1. The lowest BCUT2D eigenvalue weighted by atomic mass is 10.2. The Balaban J connectivity index is 2.44. The summed E-state index contributed by atoms with van der Waals surface area (Å²) in [7, 11) is 0. The third kappa shape index (κ3) is 1.96. The van der Waals surface area contributed by atoms with Crippen LogP contribution in [0.25, 0.3) is 0 Å².